The first-order valence-corrected chi connectivity index (χ1v) is 10.6. The van der Waals surface area contributed by atoms with Crippen LogP contribution in [0.2, 0.25) is 0 Å². The Morgan fingerprint density at radius 1 is 1.18 bits per heavy atom. The number of carbonyl (C=O) groups is 1. The van der Waals surface area contributed by atoms with Crippen molar-refractivity contribution in [3.05, 3.63) is 53.3 Å². The average molecular weight is 391 g/mol. The van der Waals surface area contributed by atoms with E-state index in [1.165, 1.54) is 30.2 Å². The lowest BCUT2D eigenvalue weighted by Gasteiger charge is -2.15. The zero-order valence-electron chi connectivity index (χ0n) is 15.6. The molecule has 0 fully saturated rings. The van der Waals surface area contributed by atoms with Crippen LogP contribution in [0.25, 0.3) is 10.9 Å². The van der Waals surface area contributed by atoms with Crippen LogP contribution < -0.4 is 5.32 Å². The standard InChI is InChI=1S/C22H22N4OS/c23-13-17-11-16-5-3-1-2-4-6-19(16)26-22(17)28-14-21(27)25-18-8-7-15-9-10-24-20(15)12-18/h7-12,24H,1-6,14H2,(H,25,27). The van der Waals surface area contributed by atoms with Crippen LogP contribution in [0.4, 0.5) is 5.69 Å². The Balaban J connectivity index is 1.45. The fourth-order valence-corrected chi connectivity index (χ4v) is 4.39. The highest BCUT2D eigenvalue weighted by molar-refractivity contribution is 8.00. The molecule has 0 atom stereocenters. The van der Waals surface area contributed by atoms with Crippen LogP contribution in [0.5, 0.6) is 0 Å². The Labute approximate surface area is 168 Å². The van der Waals surface area contributed by atoms with Gasteiger partial charge in [-0.3, -0.25) is 4.79 Å². The van der Waals surface area contributed by atoms with Gasteiger partial charge < -0.3 is 10.3 Å². The smallest absolute Gasteiger partial charge is 0.234 e. The SMILES string of the molecule is N#Cc1cc2c(nc1SCC(=O)Nc1ccc3cc[nH]c3c1)CCCCCC2. The lowest BCUT2D eigenvalue weighted by atomic mass is 9.96. The number of amides is 1. The number of aromatic nitrogens is 2. The summed E-state index contributed by atoms with van der Waals surface area (Å²) in [6.07, 6.45) is 8.59. The van der Waals surface area contributed by atoms with E-state index in [0.29, 0.717) is 10.6 Å². The quantitative estimate of drug-likeness (QED) is 0.626. The Bertz CT molecular complexity index is 1050. The Hall–Kier alpha value is -2.78. The van der Waals surface area contributed by atoms with Crippen molar-refractivity contribution in [2.75, 3.05) is 11.1 Å². The van der Waals surface area contributed by atoms with Crippen LogP contribution >= 0.6 is 11.8 Å². The second-order valence-electron chi connectivity index (χ2n) is 7.09. The molecule has 5 nitrogen and oxygen atoms in total. The molecule has 2 N–H and O–H groups in total. The van der Waals surface area contributed by atoms with E-state index in [4.69, 9.17) is 4.98 Å². The highest BCUT2D eigenvalue weighted by Gasteiger charge is 2.15. The lowest BCUT2D eigenvalue weighted by molar-refractivity contribution is -0.113. The van der Waals surface area contributed by atoms with E-state index in [2.05, 4.69) is 16.4 Å². The zero-order valence-corrected chi connectivity index (χ0v) is 16.4. The normalized spacial score (nSPS) is 14.0. The zero-order chi connectivity index (χ0) is 19.3. The van der Waals surface area contributed by atoms with Gasteiger partial charge in [0.2, 0.25) is 5.91 Å². The predicted molar refractivity (Wildman–Crippen MR) is 112 cm³/mol. The molecule has 0 unspecified atom stereocenters. The van der Waals surface area contributed by atoms with Gasteiger partial charge in [-0.25, -0.2) is 4.98 Å². The van der Waals surface area contributed by atoms with Crippen LogP contribution in [-0.2, 0) is 17.6 Å². The molecule has 1 aromatic carbocycles. The number of aromatic amines is 1. The first-order chi connectivity index (χ1) is 13.7. The van der Waals surface area contributed by atoms with E-state index in [1.807, 2.05) is 36.5 Å². The van der Waals surface area contributed by atoms with E-state index in [-0.39, 0.29) is 11.7 Å². The summed E-state index contributed by atoms with van der Waals surface area (Å²) < 4.78 is 0. The molecular weight excluding hydrogens is 368 g/mol. The number of anilines is 1. The molecule has 2 aromatic heterocycles. The third kappa shape index (κ3) is 4.20. The molecule has 6 heteroatoms. The molecule has 1 aliphatic rings. The van der Waals surface area contributed by atoms with Gasteiger partial charge in [-0.05, 0) is 60.9 Å². The third-order valence-corrected chi connectivity index (χ3v) is 6.06. The summed E-state index contributed by atoms with van der Waals surface area (Å²) in [7, 11) is 0. The van der Waals surface area contributed by atoms with Gasteiger partial charge in [-0.1, -0.05) is 30.7 Å². The first-order valence-electron chi connectivity index (χ1n) is 9.65. The van der Waals surface area contributed by atoms with Gasteiger partial charge in [0.25, 0.3) is 0 Å². The second kappa shape index (κ2) is 8.49. The minimum atomic E-state index is -0.103. The first kappa shape index (κ1) is 18.6. The number of H-pyrrole nitrogens is 1. The maximum Gasteiger partial charge on any atom is 0.234 e. The molecule has 0 saturated heterocycles. The van der Waals surface area contributed by atoms with Gasteiger partial charge in [0.05, 0.1) is 11.3 Å². The Morgan fingerprint density at radius 3 is 2.89 bits per heavy atom. The molecule has 0 radical (unpaired) electrons. The average Bonchev–Trinajstić information content (AvgIpc) is 3.14. The number of hydrogen-bond acceptors (Lipinski definition) is 4. The molecule has 3 aromatic rings. The van der Waals surface area contributed by atoms with E-state index in [9.17, 15) is 10.1 Å². The summed E-state index contributed by atoms with van der Waals surface area (Å²) >= 11 is 1.34. The summed E-state index contributed by atoms with van der Waals surface area (Å²) in [5.41, 5.74) is 4.61. The fourth-order valence-electron chi connectivity index (χ4n) is 3.61. The van der Waals surface area contributed by atoms with E-state index in [1.54, 1.807) is 0 Å². The lowest BCUT2D eigenvalue weighted by Crippen LogP contribution is -2.14. The molecule has 0 spiro atoms. The van der Waals surface area contributed by atoms with Gasteiger partial charge in [0.15, 0.2) is 0 Å². The number of thioether (sulfide) groups is 1. The Morgan fingerprint density at radius 2 is 2.04 bits per heavy atom. The number of nitrogens with zero attached hydrogens (tertiary/aromatic N) is 2. The number of carbonyl (C=O) groups excluding carboxylic acids is 1. The van der Waals surface area contributed by atoms with E-state index in [0.717, 1.165) is 48.0 Å². The monoisotopic (exact) mass is 390 g/mol. The summed E-state index contributed by atoms with van der Waals surface area (Å²) in [6.45, 7) is 0. The molecule has 1 aliphatic carbocycles. The second-order valence-corrected chi connectivity index (χ2v) is 8.05. The van der Waals surface area contributed by atoms with Gasteiger partial charge in [0, 0.05) is 23.1 Å². The number of nitrogens with one attached hydrogen (secondary N) is 2. The van der Waals surface area contributed by atoms with Crippen molar-refractivity contribution in [3.8, 4) is 6.07 Å². The van der Waals surface area contributed by atoms with Crippen molar-refractivity contribution in [1.82, 2.24) is 9.97 Å². The summed E-state index contributed by atoms with van der Waals surface area (Å²) in [5, 5.41) is 14.2. The number of rotatable bonds is 4. The highest BCUT2D eigenvalue weighted by atomic mass is 32.2. The molecule has 142 valence electrons. The maximum atomic E-state index is 12.4. The minimum absolute atomic E-state index is 0.103. The van der Waals surface area contributed by atoms with Crippen LogP contribution in [-0.4, -0.2) is 21.6 Å². The van der Waals surface area contributed by atoms with Crippen molar-refractivity contribution >= 4 is 34.3 Å². The number of pyridine rings is 1. The van der Waals surface area contributed by atoms with Gasteiger partial charge in [0.1, 0.15) is 11.1 Å². The van der Waals surface area contributed by atoms with Crippen molar-refractivity contribution in [3.63, 3.8) is 0 Å². The summed E-state index contributed by atoms with van der Waals surface area (Å²) in [6, 6.07) is 12.0. The predicted octanol–water partition coefficient (Wildman–Crippen LogP) is 4.82. The molecule has 1 amide bonds. The summed E-state index contributed by atoms with van der Waals surface area (Å²) in [4.78, 5) is 20.3. The number of aryl methyl sites for hydroxylation is 2. The van der Waals surface area contributed by atoms with Crippen molar-refractivity contribution in [2.45, 2.75) is 43.6 Å². The minimum Gasteiger partial charge on any atom is -0.361 e. The third-order valence-electron chi connectivity index (χ3n) is 5.07. The number of fused-ring (bicyclic) bond motifs is 2. The van der Waals surface area contributed by atoms with E-state index < -0.39 is 0 Å². The highest BCUT2D eigenvalue weighted by Crippen LogP contribution is 2.27. The Kier molecular flexibility index (Phi) is 5.63. The molecular formula is C22H22N4OS. The van der Waals surface area contributed by atoms with Gasteiger partial charge >= 0.3 is 0 Å². The number of benzene rings is 1. The largest absolute Gasteiger partial charge is 0.361 e. The van der Waals surface area contributed by atoms with Crippen molar-refractivity contribution < 1.29 is 4.79 Å². The fraction of sp³-hybridized carbons (Fsp3) is 0.318. The van der Waals surface area contributed by atoms with E-state index >= 15 is 0 Å². The van der Waals surface area contributed by atoms with Gasteiger partial charge in [-0.15, -0.1) is 0 Å². The summed E-state index contributed by atoms with van der Waals surface area (Å²) in [5.74, 6) is 0.122. The van der Waals surface area contributed by atoms with Crippen LogP contribution in [0.15, 0.2) is 41.6 Å². The maximum absolute atomic E-state index is 12.4. The topological polar surface area (TPSA) is 81.6 Å². The number of nitriles is 1. The van der Waals surface area contributed by atoms with Crippen LogP contribution in [0, 0.1) is 11.3 Å². The van der Waals surface area contributed by atoms with Gasteiger partial charge in [-0.2, -0.15) is 5.26 Å². The van der Waals surface area contributed by atoms with Crippen LogP contribution in [0.3, 0.4) is 0 Å². The van der Waals surface area contributed by atoms with Crippen LogP contribution in [0.1, 0.15) is 42.5 Å². The molecule has 0 bridgehead atoms. The molecule has 28 heavy (non-hydrogen) atoms. The molecule has 4 rings (SSSR count). The van der Waals surface area contributed by atoms with Crippen molar-refractivity contribution in [2.24, 2.45) is 0 Å². The molecule has 2 heterocycles. The van der Waals surface area contributed by atoms with Crippen molar-refractivity contribution in [1.29, 1.82) is 5.26 Å². The number of hydrogen-bond donors (Lipinski definition) is 2. The molecule has 0 aliphatic heterocycles. The molecule has 0 saturated carbocycles.